The lowest BCUT2D eigenvalue weighted by molar-refractivity contribution is -0.192. The summed E-state index contributed by atoms with van der Waals surface area (Å²) in [6.07, 6.45) is 1.54. The Balaban J connectivity index is 0.000000396. The van der Waals surface area contributed by atoms with Gasteiger partial charge in [-0.05, 0) is 25.3 Å². The molecule has 3 heterocycles. The van der Waals surface area contributed by atoms with Crippen LogP contribution in [0.1, 0.15) is 19.3 Å². The summed E-state index contributed by atoms with van der Waals surface area (Å²) >= 11 is 0. The minimum absolute atomic E-state index is 0.0114. The first-order valence-corrected chi connectivity index (χ1v) is 9.60. The van der Waals surface area contributed by atoms with Gasteiger partial charge in [0.05, 0.1) is 12.6 Å². The lowest BCUT2D eigenvalue weighted by atomic mass is 10.0. The van der Waals surface area contributed by atoms with Crippen LogP contribution in [0.3, 0.4) is 0 Å². The topological polar surface area (TPSA) is 97.1 Å². The number of aliphatic carboxylic acids is 1. The molecule has 1 aromatic heterocycles. The number of amides is 2. The SMILES string of the molecule is CN(C)C(=O)N1C[C@@H](OCCCn2cccn2)[C@H]2OCCC[C@H]21.O=C(O)C(F)(F)F. The van der Waals surface area contributed by atoms with Crippen LogP contribution in [0.25, 0.3) is 0 Å². The fourth-order valence-corrected chi connectivity index (χ4v) is 3.43. The molecule has 12 heteroatoms. The van der Waals surface area contributed by atoms with E-state index in [1.807, 2.05) is 21.8 Å². The predicted molar refractivity (Wildman–Crippen MR) is 98.8 cm³/mol. The summed E-state index contributed by atoms with van der Waals surface area (Å²) in [6, 6.07) is 2.12. The van der Waals surface area contributed by atoms with Crippen molar-refractivity contribution in [2.45, 2.75) is 50.2 Å². The highest BCUT2D eigenvalue weighted by atomic mass is 19.4. The molecule has 2 amide bonds. The van der Waals surface area contributed by atoms with Gasteiger partial charge in [-0.25, -0.2) is 9.59 Å². The minimum atomic E-state index is -5.08. The van der Waals surface area contributed by atoms with Crippen LogP contribution < -0.4 is 0 Å². The van der Waals surface area contributed by atoms with Crippen molar-refractivity contribution >= 4 is 12.0 Å². The first-order valence-electron chi connectivity index (χ1n) is 9.60. The van der Waals surface area contributed by atoms with Gasteiger partial charge in [-0.1, -0.05) is 0 Å². The van der Waals surface area contributed by atoms with E-state index in [-0.39, 0.29) is 24.3 Å². The van der Waals surface area contributed by atoms with Crippen molar-refractivity contribution in [3.8, 4) is 0 Å². The number of carbonyl (C=O) groups excluding carboxylic acids is 1. The molecule has 1 aromatic rings. The summed E-state index contributed by atoms with van der Waals surface area (Å²) in [6.45, 7) is 2.88. The summed E-state index contributed by atoms with van der Waals surface area (Å²) in [4.78, 5) is 24.8. The second-order valence-corrected chi connectivity index (χ2v) is 7.21. The molecule has 1 N–H and O–H groups in total. The number of carboxylic acid groups (broad SMARTS) is 1. The number of hydrogen-bond acceptors (Lipinski definition) is 5. The third-order valence-electron chi connectivity index (χ3n) is 4.77. The molecular weight excluding hydrogens is 409 g/mol. The van der Waals surface area contributed by atoms with E-state index < -0.39 is 12.1 Å². The third-order valence-corrected chi connectivity index (χ3v) is 4.77. The van der Waals surface area contributed by atoms with Gasteiger partial charge in [0.25, 0.3) is 0 Å². The van der Waals surface area contributed by atoms with E-state index in [1.165, 1.54) is 0 Å². The van der Waals surface area contributed by atoms with Gasteiger partial charge < -0.3 is 24.4 Å². The van der Waals surface area contributed by atoms with Crippen LogP contribution in [0.2, 0.25) is 0 Å². The largest absolute Gasteiger partial charge is 0.490 e. The van der Waals surface area contributed by atoms with Crippen LogP contribution in [0.5, 0.6) is 0 Å². The molecule has 30 heavy (non-hydrogen) atoms. The van der Waals surface area contributed by atoms with Gasteiger partial charge in [-0.3, -0.25) is 4.68 Å². The lowest BCUT2D eigenvalue weighted by Gasteiger charge is -2.33. The highest BCUT2D eigenvalue weighted by molar-refractivity contribution is 5.75. The van der Waals surface area contributed by atoms with Gasteiger partial charge in [0.15, 0.2) is 0 Å². The summed E-state index contributed by atoms with van der Waals surface area (Å²) in [7, 11) is 3.58. The fraction of sp³-hybridized carbons (Fsp3) is 0.722. The summed E-state index contributed by atoms with van der Waals surface area (Å²) in [5, 5.41) is 11.3. The molecule has 0 unspecified atom stereocenters. The lowest BCUT2D eigenvalue weighted by Crippen LogP contribution is -2.47. The van der Waals surface area contributed by atoms with E-state index in [0.717, 1.165) is 32.4 Å². The average molecular weight is 436 g/mol. The second kappa shape index (κ2) is 10.6. The normalized spacial score (nSPS) is 23.4. The Bertz CT molecular complexity index is 684. The first kappa shape index (κ1) is 23.9. The van der Waals surface area contributed by atoms with Crippen LogP contribution in [0, 0.1) is 0 Å². The number of hydrogen-bond donors (Lipinski definition) is 1. The molecule has 0 aromatic carbocycles. The number of aromatic nitrogens is 2. The number of alkyl halides is 3. The monoisotopic (exact) mass is 436 g/mol. The van der Waals surface area contributed by atoms with Gasteiger partial charge in [-0.2, -0.15) is 18.3 Å². The molecule has 0 bridgehead atoms. The summed E-state index contributed by atoms with van der Waals surface area (Å²) < 4.78 is 45.6. The van der Waals surface area contributed by atoms with Crippen LogP contribution >= 0.6 is 0 Å². The standard InChI is InChI=1S/C16H26N4O3.C2HF3O2/c1-18(2)16(21)20-12-14(15-13(20)6-3-10-23-15)22-11-5-9-19-8-4-7-17-19;3-2(4,5)1(6)7/h4,7-8,13-15H,3,5-6,9-12H2,1-2H3;(H,6,7)/t13-,14-,15+;/m1./s1. The Morgan fingerprint density at radius 1 is 1.37 bits per heavy atom. The van der Waals surface area contributed by atoms with Crippen molar-refractivity contribution in [3.63, 3.8) is 0 Å². The van der Waals surface area contributed by atoms with Crippen LogP contribution in [-0.2, 0) is 20.8 Å². The molecule has 0 spiro atoms. The highest BCUT2D eigenvalue weighted by Gasteiger charge is 2.47. The van der Waals surface area contributed by atoms with Gasteiger partial charge in [-0.15, -0.1) is 0 Å². The smallest absolute Gasteiger partial charge is 0.475 e. The fourth-order valence-electron chi connectivity index (χ4n) is 3.43. The van der Waals surface area contributed by atoms with Crippen LogP contribution in [0.15, 0.2) is 18.5 Å². The molecule has 2 saturated heterocycles. The molecule has 2 aliphatic rings. The van der Waals surface area contributed by atoms with E-state index in [9.17, 15) is 18.0 Å². The Kier molecular flexibility index (Phi) is 8.47. The van der Waals surface area contributed by atoms with Crippen LogP contribution in [0.4, 0.5) is 18.0 Å². The average Bonchev–Trinajstić information content (AvgIpc) is 3.32. The third kappa shape index (κ3) is 6.59. The van der Waals surface area contributed by atoms with Crippen molar-refractivity contribution in [1.29, 1.82) is 0 Å². The predicted octanol–water partition coefficient (Wildman–Crippen LogP) is 1.84. The van der Waals surface area contributed by atoms with Crippen molar-refractivity contribution in [2.75, 3.05) is 33.9 Å². The number of rotatable bonds is 5. The van der Waals surface area contributed by atoms with E-state index >= 15 is 0 Å². The maximum absolute atomic E-state index is 12.4. The Hall–Kier alpha value is -2.34. The number of nitrogens with zero attached hydrogens (tertiary/aromatic N) is 4. The van der Waals surface area contributed by atoms with Gasteiger partial charge >= 0.3 is 18.2 Å². The van der Waals surface area contributed by atoms with Gasteiger partial charge in [0.2, 0.25) is 0 Å². The van der Waals surface area contributed by atoms with E-state index in [4.69, 9.17) is 19.4 Å². The summed E-state index contributed by atoms with van der Waals surface area (Å²) in [5.41, 5.74) is 0. The maximum atomic E-state index is 12.4. The van der Waals surface area contributed by atoms with Crippen molar-refractivity contribution in [2.24, 2.45) is 0 Å². The first-order chi connectivity index (χ1) is 14.1. The number of carboxylic acids is 1. The molecule has 3 rings (SSSR count). The minimum Gasteiger partial charge on any atom is -0.475 e. The molecule has 170 valence electrons. The number of urea groups is 1. The molecule has 0 saturated carbocycles. The van der Waals surface area contributed by atoms with E-state index in [0.29, 0.717) is 13.2 Å². The number of aryl methyl sites for hydroxylation is 1. The number of ether oxygens (including phenoxy) is 2. The quantitative estimate of drug-likeness (QED) is 0.708. The Labute approximate surface area is 172 Å². The number of carbonyl (C=O) groups is 2. The molecule has 9 nitrogen and oxygen atoms in total. The zero-order valence-electron chi connectivity index (χ0n) is 16.9. The highest BCUT2D eigenvalue weighted by Crippen LogP contribution is 2.31. The number of likely N-dealkylation sites (tertiary alicyclic amines) is 1. The molecule has 2 fully saturated rings. The molecule has 3 atom stereocenters. The van der Waals surface area contributed by atoms with E-state index in [1.54, 1.807) is 25.2 Å². The summed E-state index contributed by atoms with van der Waals surface area (Å²) in [5.74, 6) is -2.76. The van der Waals surface area contributed by atoms with Gasteiger partial charge in [0, 0.05) is 46.2 Å². The van der Waals surface area contributed by atoms with Crippen molar-refractivity contribution in [1.82, 2.24) is 19.6 Å². The zero-order chi connectivity index (χ0) is 22.3. The zero-order valence-corrected chi connectivity index (χ0v) is 16.9. The molecule has 0 aliphatic carbocycles. The number of fused-ring (bicyclic) bond motifs is 1. The molecule has 2 aliphatic heterocycles. The second-order valence-electron chi connectivity index (χ2n) is 7.21. The van der Waals surface area contributed by atoms with E-state index in [2.05, 4.69) is 5.10 Å². The molecule has 0 radical (unpaired) electrons. The van der Waals surface area contributed by atoms with Crippen molar-refractivity contribution in [3.05, 3.63) is 18.5 Å². The number of halogens is 3. The van der Waals surface area contributed by atoms with Crippen molar-refractivity contribution < 1.29 is 37.3 Å². The Morgan fingerprint density at radius 3 is 2.63 bits per heavy atom. The van der Waals surface area contributed by atoms with Gasteiger partial charge in [0.1, 0.15) is 12.2 Å². The maximum Gasteiger partial charge on any atom is 0.490 e. The van der Waals surface area contributed by atoms with Crippen LogP contribution in [-0.4, -0.2) is 95.0 Å². The molecular formula is C18H27F3N4O5. The Morgan fingerprint density at radius 2 is 2.07 bits per heavy atom.